The highest BCUT2D eigenvalue weighted by molar-refractivity contribution is 4.71. The summed E-state index contributed by atoms with van der Waals surface area (Å²) in [6, 6.07) is 0. The lowest BCUT2D eigenvalue weighted by molar-refractivity contribution is 0.0542. The maximum absolute atomic E-state index is 5.76. The smallest absolute Gasteiger partial charge is 0.0674 e. The van der Waals surface area contributed by atoms with Gasteiger partial charge in [-0.25, -0.2) is 0 Å². The predicted octanol–water partition coefficient (Wildman–Crippen LogP) is 2.14. The Balaban J connectivity index is 2.41. The van der Waals surface area contributed by atoms with Gasteiger partial charge in [0, 0.05) is 13.1 Å². The van der Waals surface area contributed by atoms with E-state index in [1.54, 1.807) is 0 Å². The number of ether oxygens (including phenoxy) is 1. The Bertz CT molecular complexity index is 138. The second-order valence-electron chi connectivity index (χ2n) is 4.15. The lowest BCUT2D eigenvalue weighted by Gasteiger charge is -2.21. The number of hydrogen-bond donors (Lipinski definition) is 0. The van der Waals surface area contributed by atoms with Crippen molar-refractivity contribution in [2.24, 2.45) is 5.92 Å². The van der Waals surface area contributed by atoms with E-state index in [1.807, 2.05) is 0 Å². The molecule has 0 spiro atoms. The monoisotopic (exact) mass is 185 g/mol. The molecule has 1 fully saturated rings. The molecule has 2 atom stereocenters. The van der Waals surface area contributed by atoms with Crippen LogP contribution < -0.4 is 0 Å². The summed E-state index contributed by atoms with van der Waals surface area (Å²) in [5.74, 6) is 0.759. The molecule has 0 bridgehead atoms. The van der Waals surface area contributed by atoms with E-state index in [-0.39, 0.29) is 0 Å². The maximum atomic E-state index is 5.76. The van der Waals surface area contributed by atoms with Crippen LogP contribution >= 0.6 is 0 Å². The first-order chi connectivity index (χ1) is 6.26. The zero-order valence-corrected chi connectivity index (χ0v) is 9.25. The highest BCUT2D eigenvalue weighted by Gasteiger charge is 2.20. The van der Waals surface area contributed by atoms with Crippen molar-refractivity contribution in [1.29, 1.82) is 0 Å². The third-order valence-electron chi connectivity index (χ3n) is 2.79. The van der Waals surface area contributed by atoms with Crippen LogP contribution in [0.4, 0.5) is 0 Å². The molecular formula is C11H23NO. The van der Waals surface area contributed by atoms with Crippen LogP contribution in [0.2, 0.25) is 0 Å². The van der Waals surface area contributed by atoms with E-state index in [9.17, 15) is 0 Å². The van der Waals surface area contributed by atoms with E-state index in [2.05, 4.69) is 25.7 Å². The predicted molar refractivity (Wildman–Crippen MR) is 55.9 cm³/mol. The summed E-state index contributed by atoms with van der Waals surface area (Å²) in [7, 11) is 0. The Morgan fingerprint density at radius 1 is 1.31 bits per heavy atom. The molecule has 1 aliphatic heterocycles. The molecule has 13 heavy (non-hydrogen) atoms. The fourth-order valence-electron chi connectivity index (χ4n) is 2.05. The Morgan fingerprint density at radius 2 is 2.08 bits per heavy atom. The van der Waals surface area contributed by atoms with E-state index >= 15 is 0 Å². The minimum absolute atomic E-state index is 0.418. The lowest BCUT2D eigenvalue weighted by atomic mass is 10.0. The fraction of sp³-hybridized carbons (Fsp3) is 1.00. The summed E-state index contributed by atoms with van der Waals surface area (Å²) in [5, 5.41) is 0. The second kappa shape index (κ2) is 5.61. The molecule has 1 unspecified atom stereocenters. The molecule has 0 aromatic carbocycles. The van der Waals surface area contributed by atoms with Crippen molar-refractivity contribution in [2.75, 3.05) is 26.2 Å². The molecule has 0 saturated carbocycles. The molecular weight excluding hydrogens is 162 g/mol. The summed E-state index contributed by atoms with van der Waals surface area (Å²) in [4.78, 5) is 2.51. The third-order valence-corrected chi connectivity index (χ3v) is 2.79. The zero-order valence-electron chi connectivity index (χ0n) is 9.25. The third kappa shape index (κ3) is 3.65. The molecule has 78 valence electrons. The second-order valence-corrected chi connectivity index (χ2v) is 4.15. The van der Waals surface area contributed by atoms with Gasteiger partial charge in [0.05, 0.1) is 12.7 Å². The van der Waals surface area contributed by atoms with Crippen molar-refractivity contribution in [3.8, 4) is 0 Å². The van der Waals surface area contributed by atoms with Gasteiger partial charge in [-0.3, -0.25) is 0 Å². The molecule has 1 heterocycles. The van der Waals surface area contributed by atoms with E-state index in [0.717, 1.165) is 25.6 Å². The van der Waals surface area contributed by atoms with Crippen LogP contribution in [0.5, 0.6) is 0 Å². The Hall–Kier alpha value is -0.0800. The summed E-state index contributed by atoms with van der Waals surface area (Å²) in [5.41, 5.74) is 0. The first-order valence-corrected chi connectivity index (χ1v) is 5.60. The van der Waals surface area contributed by atoms with Crippen molar-refractivity contribution in [2.45, 2.75) is 39.7 Å². The van der Waals surface area contributed by atoms with Crippen molar-refractivity contribution < 1.29 is 4.74 Å². The minimum atomic E-state index is 0.418. The van der Waals surface area contributed by atoms with Crippen LogP contribution in [-0.4, -0.2) is 37.2 Å². The van der Waals surface area contributed by atoms with E-state index < -0.39 is 0 Å². The molecule has 0 N–H and O–H groups in total. The molecule has 2 heteroatoms. The van der Waals surface area contributed by atoms with Crippen LogP contribution in [0.25, 0.3) is 0 Å². The molecule has 0 aliphatic carbocycles. The molecule has 1 rings (SSSR count). The Labute approximate surface area is 82.3 Å². The van der Waals surface area contributed by atoms with Crippen molar-refractivity contribution in [3.05, 3.63) is 0 Å². The summed E-state index contributed by atoms with van der Waals surface area (Å²) >= 11 is 0. The quantitative estimate of drug-likeness (QED) is 0.668. The van der Waals surface area contributed by atoms with Gasteiger partial charge in [-0.2, -0.15) is 0 Å². The van der Waals surface area contributed by atoms with Gasteiger partial charge in [-0.05, 0) is 25.8 Å². The molecule has 2 nitrogen and oxygen atoms in total. The molecule has 0 aromatic rings. The van der Waals surface area contributed by atoms with Crippen molar-refractivity contribution >= 4 is 0 Å². The van der Waals surface area contributed by atoms with Crippen LogP contribution in [0.1, 0.15) is 33.6 Å². The van der Waals surface area contributed by atoms with Crippen LogP contribution in [0.15, 0.2) is 0 Å². The average Bonchev–Trinajstić information content (AvgIpc) is 2.29. The largest absolute Gasteiger partial charge is 0.377 e. The Morgan fingerprint density at radius 3 is 2.69 bits per heavy atom. The highest BCUT2D eigenvalue weighted by Crippen LogP contribution is 2.15. The van der Waals surface area contributed by atoms with Crippen LogP contribution in [0.3, 0.4) is 0 Å². The van der Waals surface area contributed by atoms with Crippen LogP contribution in [-0.2, 0) is 4.74 Å². The number of hydrogen-bond acceptors (Lipinski definition) is 2. The molecule has 1 aliphatic rings. The first-order valence-electron chi connectivity index (χ1n) is 5.60. The van der Waals surface area contributed by atoms with E-state index in [4.69, 9.17) is 4.74 Å². The van der Waals surface area contributed by atoms with Gasteiger partial charge in [0.25, 0.3) is 0 Å². The van der Waals surface area contributed by atoms with Gasteiger partial charge < -0.3 is 9.64 Å². The maximum Gasteiger partial charge on any atom is 0.0674 e. The van der Waals surface area contributed by atoms with Gasteiger partial charge in [0.2, 0.25) is 0 Å². The highest BCUT2D eigenvalue weighted by atomic mass is 16.5. The molecule has 0 aromatic heterocycles. The summed E-state index contributed by atoms with van der Waals surface area (Å²) in [6.45, 7) is 11.1. The van der Waals surface area contributed by atoms with E-state index in [0.29, 0.717) is 6.10 Å². The molecule has 0 radical (unpaired) electrons. The topological polar surface area (TPSA) is 12.5 Å². The van der Waals surface area contributed by atoms with Gasteiger partial charge in [-0.1, -0.05) is 20.3 Å². The number of likely N-dealkylation sites (N-methyl/N-ethyl adjacent to an activating group) is 1. The minimum Gasteiger partial charge on any atom is -0.377 e. The van der Waals surface area contributed by atoms with Gasteiger partial charge in [-0.15, -0.1) is 0 Å². The summed E-state index contributed by atoms with van der Waals surface area (Å²) in [6.07, 6.45) is 3.00. The lowest BCUT2D eigenvalue weighted by Crippen LogP contribution is -2.31. The SMILES string of the molecule is CCCC1CO[C@@H](C)CN(CC)C1. The summed E-state index contributed by atoms with van der Waals surface area (Å²) < 4.78 is 5.76. The van der Waals surface area contributed by atoms with E-state index in [1.165, 1.54) is 19.4 Å². The van der Waals surface area contributed by atoms with Crippen molar-refractivity contribution in [3.63, 3.8) is 0 Å². The van der Waals surface area contributed by atoms with Crippen molar-refractivity contribution in [1.82, 2.24) is 4.90 Å². The number of nitrogens with zero attached hydrogens (tertiary/aromatic N) is 1. The van der Waals surface area contributed by atoms with Crippen LogP contribution in [0, 0.1) is 5.92 Å². The average molecular weight is 185 g/mol. The van der Waals surface area contributed by atoms with Gasteiger partial charge >= 0.3 is 0 Å². The first kappa shape index (κ1) is 11.0. The zero-order chi connectivity index (χ0) is 9.68. The van der Waals surface area contributed by atoms with Gasteiger partial charge in [0.1, 0.15) is 0 Å². The Kier molecular flexibility index (Phi) is 4.74. The standard InChI is InChI=1S/C11H23NO/c1-4-6-11-8-12(5-2)7-10(3)13-9-11/h10-11H,4-9H2,1-3H3/t10-,11?/m0/s1. The molecule has 1 saturated heterocycles. The molecule has 0 amide bonds. The fourth-order valence-corrected chi connectivity index (χ4v) is 2.05. The van der Waals surface area contributed by atoms with Gasteiger partial charge in [0.15, 0.2) is 0 Å². The number of rotatable bonds is 3. The normalized spacial score (nSPS) is 31.6.